The second-order valence-corrected chi connectivity index (χ2v) is 2.91. The highest BCUT2D eigenvalue weighted by molar-refractivity contribution is 5.62. The Hall–Kier alpha value is -1.97. The highest BCUT2D eigenvalue weighted by atomic mass is 16.5. The van der Waals surface area contributed by atoms with E-state index in [1.807, 2.05) is 24.3 Å². The summed E-state index contributed by atoms with van der Waals surface area (Å²) in [6, 6.07) is 5.57. The van der Waals surface area contributed by atoms with Crippen LogP contribution in [-0.2, 0) is 9.53 Å². The number of hydrogen-bond acceptors (Lipinski definition) is 4. The Balaban J connectivity index is 2.86. The fraction of sp³-hybridized carbons (Fsp3) is 0.250. The average molecular weight is 222 g/mol. The first kappa shape index (κ1) is 12.1. The molecule has 0 aromatic heterocycles. The van der Waals surface area contributed by atoms with Crippen molar-refractivity contribution in [3.8, 4) is 11.5 Å². The van der Waals surface area contributed by atoms with Gasteiger partial charge in [0.25, 0.3) is 6.47 Å². The van der Waals surface area contributed by atoms with E-state index in [2.05, 4.69) is 4.74 Å². The minimum Gasteiger partial charge on any atom is -0.493 e. The largest absolute Gasteiger partial charge is 0.493 e. The Morgan fingerprint density at radius 2 is 2.06 bits per heavy atom. The van der Waals surface area contributed by atoms with E-state index in [1.54, 1.807) is 20.3 Å². The summed E-state index contributed by atoms with van der Waals surface area (Å²) in [4.78, 5) is 9.94. The molecule has 4 heteroatoms. The Bertz CT molecular complexity index is 371. The summed E-state index contributed by atoms with van der Waals surface area (Å²) in [5.41, 5.74) is 0.872. The van der Waals surface area contributed by atoms with E-state index in [9.17, 15) is 4.79 Å². The number of methoxy groups -OCH3 is 2. The first-order valence-corrected chi connectivity index (χ1v) is 4.76. The van der Waals surface area contributed by atoms with Gasteiger partial charge in [-0.2, -0.15) is 0 Å². The smallest absolute Gasteiger partial charge is 0.293 e. The van der Waals surface area contributed by atoms with E-state index >= 15 is 0 Å². The molecule has 0 amide bonds. The van der Waals surface area contributed by atoms with E-state index < -0.39 is 0 Å². The Labute approximate surface area is 94.4 Å². The minimum atomic E-state index is 0.240. The van der Waals surface area contributed by atoms with Crippen molar-refractivity contribution in [3.63, 3.8) is 0 Å². The molecule has 0 N–H and O–H groups in total. The van der Waals surface area contributed by atoms with Crippen LogP contribution in [0.25, 0.3) is 6.08 Å². The van der Waals surface area contributed by atoms with Crippen LogP contribution in [0.5, 0.6) is 11.5 Å². The molecule has 0 radical (unpaired) electrons. The molecule has 0 spiro atoms. The number of carbonyl (C=O) groups excluding carboxylic acids is 1. The second-order valence-electron chi connectivity index (χ2n) is 2.91. The molecule has 0 aliphatic rings. The van der Waals surface area contributed by atoms with Gasteiger partial charge >= 0.3 is 0 Å². The zero-order valence-corrected chi connectivity index (χ0v) is 9.30. The van der Waals surface area contributed by atoms with Gasteiger partial charge in [0.15, 0.2) is 11.5 Å². The Morgan fingerprint density at radius 1 is 1.25 bits per heavy atom. The highest BCUT2D eigenvalue weighted by Crippen LogP contribution is 2.31. The molecule has 0 aliphatic carbocycles. The molecule has 4 nitrogen and oxygen atoms in total. The number of ether oxygens (including phenoxy) is 3. The van der Waals surface area contributed by atoms with Crippen LogP contribution < -0.4 is 9.47 Å². The number of carbonyl (C=O) groups is 1. The Morgan fingerprint density at radius 3 is 2.69 bits per heavy atom. The van der Waals surface area contributed by atoms with Gasteiger partial charge in [0.2, 0.25) is 0 Å². The first-order chi connectivity index (χ1) is 7.83. The molecular formula is C12H14O4. The maximum Gasteiger partial charge on any atom is 0.293 e. The topological polar surface area (TPSA) is 44.8 Å². The summed E-state index contributed by atoms with van der Waals surface area (Å²) in [5.74, 6) is 1.33. The van der Waals surface area contributed by atoms with Crippen LogP contribution in [0.2, 0.25) is 0 Å². The molecule has 0 atom stereocenters. The van der Waals surface area contributed by atoms with Crippen molar-refractivity contribution >= 4 is 12.5 Å². The van der Waals surface area contributed by atoms with Crippen molar-refractivity contribution in [1.82, 2.24) is 0 Å². The minimum absolute atomic E-state index is 0.240. The Kier molecular flexibility index (Phi) is 4.92. The number of para-hydroxylation sites is 1. The van der Waals surface area contributed by atoms with E-state index in [-0.39, 0.29) is 6.61 Å². The fourth-order valence-corrected chi connectivity index (χ4v) is 1.31. The first-order valence-electron chi connectivity index (χ1n) is 4.76. The summed E-state index contributed by atoms with van der Waals surface area (Å²) in [6.07, 6.45) is 3.54. The summed E-state index contributed by atoms with van der Waals surface area (Å²) in [5, 5.41) is 0. The lowest BCUT2D eigenvalue weighted by Crippen LogP contribution is -1.93. The predicted octanol–water partition coefficient (Wildman–Crippen LogP) is 1.89. The molecule has 86 valence electrons. The van der Waals surface area contributed by atoms with Gasteiger partial charge in [-0.1, -0.05) is 18.2 Å². The molecule has 0 aliphatic heterocycles. The normalized spacial score (nSPS) is 10.1. The lowest BCUT2D eigenvalue weighted by atomic mass is 10.1. The van der Waals surface area contributed by atoms with Crippen LogP contribution in [0.1, 0.15) is 5.56 Å². The van der Waals surface area contributed by atoms with Crippen LogP contribution >= 0.6 is 0 Å². The maximum absolute atomic E-state index is 9.94. The SMILES string of the molecule is COc1cccc(C=CCOC=O)c1OC. The van der Waals surface area contributed by atoms with Crippen LogP contribution in [-0.4, -0.2) is 27.3 Å². The molecule has 0 fully saturated rings. The maximum atomic E-state index is 9.94. The standard InChI is InChI=1S/C12H14O4/c1-14-11-7-3-5-10(12(11)15-2)6-4-8-16-9-13/h3-7,9H,8H2,1-2H3. The van der Waals surface area contributed by atoms with Crippen molar-refractivity contribution in [2.75, 3.05) is 20.8 Å². The third kappa shape index (κ3) is 3.02. The molecule has 0 unspecified atom stereocenters. The molecule has 1 aromatic rings. The molecule has 0 saturated carbocycles. The van der Waals surface area contributed by atoms with Crippen molar-refractivity contribution in [2.45, 2.75) is 0 Å². The fourth-order valence-electron chi connectivity index (χ4n) is 1.31. The van der Waals surface area contributed by atoms with E-state index in [0.29, 0.717) is 18.0 Å². The molecule has 0 heterocycles. The lowest BCUT2D eigenvalue weighted by molar-refractivity contribution is -0.127. The predicted molar refractivity (Wildman–Crippen MR) is 60.6 cm³/mol. The second kappa shape index (κ2) is 6.50. The van der Waals surface area contributed by atoms with E-state index in [0.717, 1.165) is 5.56 Å². The summed E-state index contributed by atoms with van der Waals surface area (Å²) >= 11 is 0. The van der Waals surface area contributed by atoms with E-state index in [1.165, 1.54) is 0 Å². The van der Waals surface area contributed by atoms with Gasteiger partial charge in [0.1, 0.15) is 6.61 Å². The highest BCUT2D eigenvalue weighted by Gasteiger charge is 2.05. The zero-order chi connectivity index (χ0) is 11.8. The number of benzene rings is 1. The van der Waals surface area contributed by atoms with Crippen molar-refractivity contribution in [1.29, 1.82) is 0 Å². The van der Waals surface area contributed by atoms with Gasteiger partial charge in [-0.3, -0.25) is 4.79 Å². The number of rotatable bonds is 6. The van der Waals surface area contributed by atoms with Crippen molar-refractivity contribution < 1.29 is 19.0 Å². The molecular weight excluding hydrogens is 208 g/mol. The third-order valence-electron chi connectivity index (χ3n) is 1.99. The van der Waals surface area contributed by atoms with Gasteiger partial charge in [-0.25, -0.2) is 0 Å². The van der Waals surface area contributed by atoms with Gasteiger partial charge in [0, 0.05) is 5.56 Å². The monoisotopic (exact) mass is 222 g/mol. The van der Waals surface area contributed by atoms with Crippen LogP contribution in [0.15, 0.2) is 24.3 Å². The summed E-state index contributed by atoms with van der Waals surface area (Å²) in [7, 11) is 3.16. The van der Waals surface area contributed by atoms with Gasteiger partial charge in [-0.15, -0.1) is 0 Å². The van der Waals surface area contributed by atoms with Gasteiger partial charge in [0.05, 0.1) is 14.2 Å². The summed E-state index contributed by atoms with van der Waals surface area (Å²) < 4.78 is 14.9. The van der Waals surface area contributed by atoms with Crippen molar-refractivity contribution in [3.05, 3.63) is 29.8 Å². The molecule has 16 heavy (non-hydrogen) atoms. The molecule has 1 aromatic carbocycles. The molecule has 0 bridgehead atoms. The van der Waals surface area contributed by atoms with Crippen LogP contribution in [0, 0.1) is 0 Å². The van der Waals surface area contributed by atoms with Crippen molar-refractivity contribution in [2.24, 2.45) is 0 Å². The number of hydrogen-bond donors (Lipinski definition) is 0. The van der Waals surface area contributed by atoms with Gasteiger partial charge < -0.3 is 14.2 Å². The quantitative estimate of drug-likeness (QED) is 0.544. The van der Waals surface area contributed by atoms with Gasteiger partial charge in [-0.05, 0) is 12.1 Å². The lowest BCUT2D eigenvalue weighted by Gasteiger charge is -2.09. The van der Waals surface area contributed by atoms with E-state index in [4.69, 9.17) is 9.47 Å². The molecule has 1 rings (SSSR count). The molecule has 0 saturated heterocycles. The summed E-state index contributed by atoms with van der Waals surface area (Å²) in [6.45, 7) is 0.650. The average Bonchev–Trinajstić information content (AvgIpc) is 2.34. The zero-order valence-electron chi connectivity index (χ0n) is 9.30. The third-order valence-corrected chi connectivity index (χ3v) is 1.99. The van der Waals surface area contributed by atoms with Crippen LogP contribution in [0.3, 0.4) is 0 Å². The van der Waals surface area contributed by atoms with Crippen LogP contribution in [0.4, 0.5) is 0 Å².